The van der Waals surface area contributed by atoms with Crippen LogP contribution in [0.15, 0.2) is 6.33 Å². The first kappa shape index (κ1) is 15.2. The molecule has 1 unspecified atom stereocenters. The maximum atomic E-state index is 12.0. The van der Waals surface area contributed by atoms with Crippen molar-refractivity contribution in [3.05, 3.63) is 11.9 Å². The van der Waals surface area contributed by atoms with Crippen LogP contribution in [-0.4, -0.2) is 46.3 Å². The van der Waals surface area contributed by atoms with E-state index in [0.717, 1.165) is 22.8 Å². The minimum atomic E-state index is -0.552. The van der Waals surface area contributed by atoms with Crippen LogP contribution in [0, 0.1) is 0 Å². The van der Waals surface area contributed by atoms with E-state index in [0.29, 0.717) is 5.82 Å². The van der Waals surface area contributed by atoms with Gasteiger partial charge >= 0.3 is 0 Å². The average molecular weight is 291 g/mol. The molecule has 1 aliphatic heterocycles. The molecule has 21 heavy (non-hydrogen) atoms. The molecule has 2 N–H and O–H groups in total. The Bertz CT molecular complexity index is 558. The first-order chi connectivity index (χ1) is 9.95. The molecule has 0 aromatic carbocycles. The summed E-state index contributed by atoms with van der Waals surface area (Å²) >= 11 is 0. The number of carbonyl (C=O) groups excluding carboxylic acids is 2. The smallest absolute Gasteiger partial charge is 0.251 e. The van der Waals surface area contributed by atoms with E-state index in [-0.39, 0.29) is 24.2 Å². The fraction of sp³-hybridized carbons (Fsp3) is 0.571. The topological polar surface area (TPSA) is 87.2 Å². The van der Waals surface area contributed by atoms with Crippen LogP contribution in [0.1, 0.15) is 38.7 Å². The summed E-state index contributed by atoms with van der Waals surface area (Å²) in [4.78, 5) is 33.2. The molecule has 2 amide bonds. The van der Waals surface area contributed by atoms with Crippen molar-refractivity contribution in [3.63, 3.8) is 0 Å². The van der Waals surface area contributed by atoms with Crippen molar-refractivity contribution in [1.29, 1.82) is 0 Å². The lowest BCUT2D eigenvalue weighted by atomic mass is 10.0. The van der Waals surface area contributed by atoms with Gasteiger partial charge in [-0.25, -0.2) is 9.97 Å². The molecule has 0 bridgehead atoms. The van der Waals surface area contributed by atoms with Crippen LogP contribution < -0.4 is 10.6 Å². The summed E-state index contributed by atoms with van der Waals surface area (Å²) in [5.41, 5.74) is 0.925. The lowest BCUT2D eigenvalue weighted by Gasteiger charge is -2.19. The summed E-state index contributed by atoms with van der Waals surface area (Å²) < 4.78 is 0. The van der Waals surface area contributed by atoms with Gasteiger partial charge in [0.05, 0.1) is 6.42 Å². The van der Waals surface area contributed by atoms with Crippen LogP contribution in [0.3, 0.4) is 0 Å². The zero-order valence-corrected chi connectivity index (χ0v) is 12.8. The fourth-order valence-electron chi connectivity index (χ4n) is 2.40. The molecular formula is C14H21N5O2. The number of carbonyl (C=O) groups is 2. The van der Waals surface area contributed by atoms with E-state index in [2.05, 4.69) is 20.6 Å². The molecule has 2 rings (SSSR count). The van der Waals surface area contributed by atoms with Gasteiger partial charge in [0.25, 0.3) is 5.91 Å². The second kappa shape index (κ2) is 6.07. The molecule has 7 nitrogen and oxygen atoms in total. The van der Waals surface area contributed by atoms with Gasteiger partial charge in [0.15, 0.2) is 0 Å². The number of nitrogens with zero attached hydrogens (tertiary/aromatic N) is 3. The van der Waals surface area contributed by atoms with Crippen LogP contribution >= 0.6 is 0 Å². The van der Waals surface area contributed by atoms with E-state index >= 15 is 0 Å². The average Bonchev–Trinajstić information content (AvgIpc) is 2.67. The van der Waals surface area contributed by atoms with E-state index in [1.165, 1.54) is 13.4 Å². The number of amides is 2. The SMILES string of the molecule is CCNc1ncnc(NC2CC(=O)N(C)C2=O)c1C(C)C. The van der Waals surface area contributed by atoms with Crippen LogP contribution in [0.5, 0.6) is 0 Å². The monoisotopic (exact) mass is 291 g/mol. The van der Waals surface area contributed by atoms with Gasteiger partial charge in [0.1, 0.15) is 24.0 Å². The van der Waals surface area contributed by atoms with Crippen LogP contribution in [0.2, 0.25) is 0 Å². The molecule has 0 spiro atoms. The fourth-order valence-corrected chi connectivity index (χ4v) is 2.40. The zero-order chi connectivity index (χ0) is 15.6. The number of rotatable bonds is 5. The lowest BCUT2D eigenvalue weighted by molar-refractivity contribution is -0.136. The van der Waals surface area contributed by atoms with Gasteiger partial charge < -0.3 is 10.6 Å². The number of anilines is 2. The van der Waals surface area contributed by atoms with Crippen molar-refractivity contribution in [1.82, 2.24) is 14.9 Å². The van der Waals surface area contributed by atoms with E-state index < -0.39 is 6.04 Å². The minimum absolute atomic E-state index is 0.160. The number of imide groups is 1. The van der Waals surface area contributed by atoms with E-state index in [9.17, 15) is 9.59 Å². The first-order valence-electron chi connectivity index (χ1n) is 7.11. The summed E-state index contributed by atoms with van der Waals surface area (Å²) in [6.07, 6.45) is 1.62. The lowest BCUT2D eigenvalue weighted by Crippen LogP contribution is -2.32. The zero-order valence-electron chi connectivity index (χ0n) is 12.8. The molecule has 1 fully saturated rings. The Labute approximate surface area is 124 Å². The van der Waals surface area contributed by atoms with Crippen LogP contribution in [0.25, 0.3) is 0 Å². The number of likely N-dealkylation sites (N-methyl/N-ethyl adjacent to an activating group) is 1. The van der Waals surface area contributed by atoms with Gasteiger partial charge in [0, 0.05) is 19.2 Å². The predicted octanol–water partition coefficient (Wildman–Crippen LogP) is 1.20. The molecule has 1 aliphatic rings. The normalized spacial score (nSPS) is 18.5. The Morgan fingerprint density at radius 2 is 2.00 bits per heavy atom. The van der Waals surface area contributed by atoms with Crippen molar-refractivity contribution in [2.75, 3.05) is 24.2 Å². The van der Waals surface area contributed by atoms with E-state index in [1.54, 1.807) is 0 Å². The number of likely N-dealkylation sites (tertiary alicyclic amines) is 1. The summed E-state index contributed by atoms with van der Waals surface area (Å²) in [7, 11) is 1.50. The van der Waals surface area contributed by atoms with E-state index in [1.807, 2.05) is 20.8 Å². The highest BCUT2D eigenvalue weighted by Gasteiger charge is 2.36. The highest BCUT2D eigenvalue weighted by molar-refractivity contribution is 6.06. The second-order valence-electron chi connectivity index (χ2n) is 5.36. The Morgan fingerprint density at radius 3 is 2.52 bits per heavy atom. The van der Waals surface area contributed by atoms with Gasteiger partial charge in [-0.15, -0.1) is 0 Å². The summed E-state index contributed by atoms with van der Waals surface area (Å²) in [5.74, 6) is 1.16. The Balaban J connectivity index is 2.30. The quantitative estimate of drug-likeness (QED) is 0.793. The van der Waals surface area contributed by atoms with Crippen molar-refractivity contribution >= 4 is 23.5 Å². The van der Waals surface area contributed by atoms with Gasteiger partial charge in [-0.1, -0.05) is 13.8 Å². The van der Waals surface area contributed by atoms with E-state index in [4.69, 9.17) is 0 Å². The molecule has 1 aromatic rings. The van der Waals surface area contributed by atoms with Gasteiger partial charge in [-0.2, -0.15) is 0 Å². The predicted molar refractivity (Wildman–Crippen MR) is 80.1 cm³/mol. The summed E-state index contributed by atoms with van der Waals surface area (Å²) in [6.45, 7) is 6.82. The molecule has 0 radical (unpaired) electrons. The van der Waals surface area contributed by atoms with Gasteiger partial charge in [-0.3, -0.25) is 14.5 Å². The minimum Gasteiger partial charge on any atom is -0.370 e. The van der Waals surface area contributed by atoms with Crippen molar-refractivity contribution in [2.24, 2.45) is 0 Å². The molecule has 0 saturated carbocycles. The highest BCUT2D eigenvalue weighted by atomic mass is 16.2. The summed E-state index contributed by atoms with van der Waals surface area (Å²) in [6, 6.07) is -0.552. The van der Waals surface area contributed by atoms with Gasteiger partial charge in [-0.05, 0) is 12.8 Å². The number of nitrogens with one attached hydrogen (secondary N) is 2. The first-order valence-corrected chi connectivity index (χ1v) is 7.11. The van der Waals surface area contributed by atoms with Crippen LogP contribution in [-0.2, 0) is 9.59 Å². The van der Waals surface area contributed by atoms with Crippen molar-refractivity contribution in [3.8, 4) is 0 Å². The maximum Gasteiger partial charge on any atom is 0.251 e. The highest BCUT2D eigenvalue weighted by Crippen LogP contribution is 2.29. The summed E-state index contributed by atoms with van der Waals surface area (Å²) in [5, 5.41) is 6.30. The third-order valence-corrected chi connectivity index (χ3v) is 3.50. The molecule has 2 heterocycles. The Hall–Kier alpha value is -2.18. The largest absolute Gasteiger partial charge is 0.370 e. The standard InChI is InChI=1S/C14H21N5O2/c1-5-15-12-11(8(2)3)13(17-7-16-12)18-9-6-10(20)19(4)14(9)21/h7-9H,5-6H2,1-4H3,(H2,15,16,17,18). The Morgan fingerprint density at radius 1 is 1.33 bits per heavy atom. The van der Waals surface area contributed by atoms with Crippen molar-refractivity contribution in [2.45, 2.75) is 39.2 Å². The second-order valence-corrected chi connectivity index (χ2v) is 5.36. The van der Waals surface area contributed by atoms with Gasteiger partial charge in [0.2, 0.25) is 5.91 Å². The molecule has 1 atom stereocenters. The van der Waals surface area contributed by atoms with Crippen LogP contribution in [0.4, 0.5) is 11.6 Å². The Kier molecular flexibility index (Phi) is 4.40. The molecule has 1 saturated heterocycles. The number of hydrogen-bond donors (Lipinski definition) is 2. The van der Waals surface area contributed by atoms with Crippen molar-refractivity contribution < 1.29 is 9.59 Å². The maximum absolute atomic E-state index is 12.0. The molecule has 1 aromatic heterocycles. The number of aromatic nitrogens is 2. The third kappa shape index (κ3) is 2.96. The molecule has 114 valence electrons. The molecule has 7 heteroatoms. The number of hydrogen-bond acceptors (Lipinski definition) is 6. The molecule has 0 aliphatic carbocycles. The third-order valence-electron chi connectivity index (χ3n) is 3.50. The molecular weight excluding hydrogens is 270 g/mol.